The van der Waals surface area contributed by atoms with Crippen molar-refractivity contribution in [3.05, 3.63) is 30.1 Å². The maximum absolute atomic E-state index is 11.0. The van der Waals surface area contributed by atoms with Crippen LogP contribution in [0.4, 0.5) is 5.82 Å². The third kappa shape index (κ3) is 2.57. The molecule has 0 spiro atoms. The summed E-state index contributed by atoms with van der Waals surface area (Å²) < 4.78 is 0. The molecule has 2 rings (SSSR count). The number of benzene rings is 1. The number of aromatic carboxylic acids is 1. The lowest BCUT2D eigenvalue weighted by Gasteiger charge is -2.28. The Morgan fingerprint density at radius 2 is 2.00 bits per heavy atom. The first-order chi connectivity index (χ1) is 9.58. The van der Waals surface area contributed by atoms with Crippen LogP contribution < -0.4 is 4.90 Å². The molecule has 1 aromatic heterocycles. The Balaban J connectivity index is 2.52. The Bertz CT molecular complexity index is 624. The molecule has 0 aliphatic carbocycles. The van der Waals surface area contributed by atoms with E-state index in [-0.39, 0.29) is 5.56 Å². The molecule has 0 fully saturated rings. The van der Waals surface area contributed by atoms with Gasteiger partial charge < -0.3 is 10.0 Å². The first-order valence-corrected chi connectivity index (χ1v) is 6.79. The number of aromatic nitrogens is 2. The van der Waals surface area contributed by atoms with Crippen LogP contribution in [-0.2, 0) is 0 Å². The van der Waals surface area contributed by atoms with Gasteiger partial charge in [-0.25, -0.2) is 14.8 Å². The summed E-state index contributed by atoms with van der Waals surface area (Å²) in [6.45, 7) is 4.30. The van der Waals surface area contributed by atoms with Gasteiger partial charge in [0.1, 0.15) is 12.1 Å². The van der Waals surface area contributed by atoms with Gasteiger partial charge in [0, 0.05) is 18.5 Å². The van der Waals surface area contributed by atoms with Crippen LogP contribution in [0.5, 0.6) is 0 Å². The summed E-state index contributed by atoms with van der Waals surface area (Å²) in [5.41, 5.74) is 0.903. The largest absolute Gasteiger partial charge is 0.478 e. The highest BCUT2D eigenvalue weighted by atomic mass is 16.4. The molecule has 1 heterocycles. The molecule has 1 aromatic carbocycles. The molecular weight excluding hydrogens is 254 g/mol. The van der Waals surface area contributed by atoms with Gasteiger partial charge >= 0.3 is 5.97 Å². The van der Waals surface area contributed by atoms with Crippen LogP contribution in [-0.4, -0.2) is 34.1 Å². The summed E-state index contributed by atoms with van der Waals surface area (Å²) in [7, 11) is 2.02. The van der Waals surface area contributed by atoms with E-state index >= 15 is 0 Å². The number of carboxylic acid groups (broad SMARTS) is 1. The van der Waals surface area contributed by atoms with Crippen LogP contribution in [0.2, 0.25) is 0 Å². The molecule has 0 bridgehead atoms. The van der Waals surface area contributed by atoms with Crippen LogP contribution in [0, 0.1) is 0 Å². The van der Waals surface area contributed by atoms with Gasteiger partial charge in [-0.2, -0.15) is 0 Å². The van der Waals surface area contributed by atoms with Crippen molar-refractivity contribution in [2.24, 2.45) is 0 Å². The molecule has 5 heteroatoms. The van der Waals surface area contributed by atoms with E-state index < -0.39 is 5.97 Å². The van der Waals surface area contributed by atoms with Gasteiger partial charge in [0.2, 0.25) is 0 Å². The third-order valence-corrected chi connectivity index (χ3v) is 3.69. The molecule has 0 unspecified atom stereocenters. The molecule has 0 atom stereocenters. The summed E-state index contributed by atoms with van der Waals surface area (Å²) in [6.07, 6.45) is 3.56. The van der Waals surface area contributed by atoms with E-state index in [0.717, 1.165) is 24.0 Å². The molecule has 0 radical (unpaired) electrons. The van der Waals surface area contributed by atoms with Gasteiger partial charge in [0.05, 0.1) is 11.1 Å². The standard InChI is InChI=1S/C15H19N3O2/c1-4-11(5-2)18(3)14-12-7-6-10(15(19)20)8-13(12)16-9-17-14/h6-9,11H,4-5H2,1-3H3,(H,19,20). The van der Waals surface area contributed by atoms with Crippen molar-refractivity contribution in [3.63, 3.8) is 0 Å². The minimum absolute atomic E-state index is 0.243. The van der Waals surface area contributed by atoms with Gasteiger partial charge in [-0.1, -0.05) is 13.8 Å². The first-order valence-electron chi connectivity index (χ1n) is 6.79. The fraction of sp³-hybridized carbons (Fsp3) is 0.400. The summed E-state index contributed by atoms with van der Waals surface area (Å²) in [6, 6.07) is 5.38. The van der Waals surface area contributed by atoms with Crippen molar-refractivity contribution in [1.82, 2.24) is 9.97 Å². The minimum atomic E-state index is -0.944. The lowest BCUT2D eigenvalue weighted by Crippen LogP contribution is -2.31. The van der Waals surface area contributed by atoms with E-state index in [4.69, 9.17) is 5.11 Å². The van der Waals surface area contributed by atoms with Gasteiger partial charge in [-0.15, -0.1) is 0 Å². The van der Waals surface area contributed by atoms with Crippen LogP contribution in [0.15, 0.2) is 24.5 Å². The zero-order valence-electron chi connectivity index (χ0n) is 12.0. The SMILES string of the molecule is CCC(CC)N(C)c1ncnc2cc(C(=O)O)ccc12. The zero-order valence-corrected chi connectivity index (χ0v) is 12.0. The maximum Gasteiger partial charge on any atom is 0.335 e. The smallest absolute Gasteiger partial charge is 0.335 e. The Labute approximate surface area is 118 Å². The molecular formula is C15H19N3O2. The van der Waals surface area contributed by atoms with Crippen molar-refractivity contribution < 1.29 is 9.90 Å². The Morgan fingerprint density at radius 1 is 1.30 bits per heavy atom. The quantitative estimate of drug-likeness (QED) is 0.907. The molecule has 1 N–H and O–H groups in total. The molecule has 0 amide bonds. The van der Waals surface area contributed by atoms with Gasteiger partial charge in [0.15, 0.2) is 0 Å². The second kappa shape index (κ2) is 5.86. The molecule has 0 aliphatic rings. The van der Waals surface area contributed by atoms with E-state index in [2.05, 4.69) is 28.7 Å². The summed E-state index contributed by atoms with van der Waals surface area (Å²) in [5.74, 6) is -0.0963. The summed E-state index contributed by atoms with van der Waals surface area (Å²) >= 11 is 0. The fourth-order valence-electron chi connectivity index (χ4n) is 2.47. The predicted octanol–water partition coefficient (Wildman–Crippen LogP) is 2.95. The lowest BCUT2D eigenvalue weighted by molar-refractivity contribution is 0.0697. The van der Waals surface area contributed by atoms with Gasteiger partial charge in [-0.05, 0) is 31.0 Å². The molecule has 0 saturated heterocycles. The molecule has 0 saturated carbocycles. The Morgan fingerprint density at radius 3 is 2.60 bits per heavy atom. The summed E-state index contributed by atoms with van der Waals surface area (Å²) in [4.78, 5) is 21.7. The Hall–Kier alpha value is -2.17. The molecule has 2 aromatic rings. The van der Waals surface area contributed by atoms with Crippen molar-refractivity contribution >= 4 is 22.7 Å². The van der Waals surface area contributed by atoms with E-state index in [0.29, 0.717) is 11.6 Å². The van der Waals surface area contributed by atoms with E-state index in [9.17, 15) is 4.79 Å². The first kappa shape index (κ1) is 14.2. The zero-order chi connectivity index (χ0) is 14.7. The van der Waals surface area contributed by atoms with Crippen molar-refractivity contribution in [3.8, 4) is 0 Å². The van der Waals surface area contributed by atoms with Crippen molar-refractivity contribution in [2.75, 3.05) is 11.9 Å². The summed E-state index contributed by atoms with van der Waals surface area (Å²) in [5, 5.41) is 9.91. The van der Waals surface area contributed by atoms with E-state index in [1.54, 1.807) is 18.2 Å². The Kier molecular flexibility index (Phi) is 4.17. The van der Waals surface area contributed by atoms with Gasteiger partial charge in [-0.3, -0.25) is 0 Å². The highest BCUT2D eigenvalue weighted by Gasteiger charge is 2.16. The van der Waals surface area contributed by atoms with Crippen LogP contribution in [0.25, 0.3) is 10.9 Å². The van der Waals surface area contributed by atoms with E-state index in [1.165, 1.54) is 6.33 Å². The molecule has 0 aliphatic heterocycles. The second-order valence-electron chi connectivity index (χ2n) is 4.82. The highest BCUT2D eigenvalue weighted by Crippen LogP contribution is 2.25. The predicted molar refractivity (Wildman–Crippen MR) is 79.3 cm³/mol. The van der Waals surface area contributed by atoms with E-state index in [1.807, 2.05) is 7.05 Å². The molecule has 20 heavy (non-hydrogen) atoms. The van der Waals surface area contributed by atoms with Gasteiger partial charge in [0.25, 0.3) is 0 Å². The maximum atomic E-state index is 11.0. The average molecular weight is 273 g/mol. The van der Waals surface area contributed by atoms with Crippen LogP contribution >= 0.6 is 0 Å². The number of nitrogens with zero attached hydrogens (tertiary/aromatic N) is 3. The topological polar surface area (TPSA) is 66.3 Å². The average Bonchev–Trinajstić information content (AvgIpc) is 2.47. The number of hydrogen-bond acceptors (Lipinski definition) is 4. The normalized spacial score (nSPS) is 11.0. The van der Waals surface area contributed by atoms with Crippen LogP contribution in [0.3, 0.4) is 0 Å². The second-order valence-corrected chi connectivity index (χ2v) is 4.82. The van der Waals surface area contributed by atoms with Crippen molar-refractivity contribution in [1.29, 1.82) is 0 Å². The number of fused-ring (bicyclic) bond motifs is 1. The minimum Gasteiger partial charge on any atom is -0.478 e. The third-order valence-electron chi connectivity index (χ3n) is 3.69. The number of hydrogen-bond donors (Lipinski definition) is 1. The number of anilines is 1. The highest BCUT2D eigenvalue weighted by molar-refractivity contribution is 5.96. The lowest BCUT2D eigenvalue weighted by atomic mass is 10.1. The number of rotatable bonds is 5. The molecule has 106 valence electrons. The van der Waals surface area contributed by atoms with Crippen LogP contribution in [0.1, 0.15) is 37.0 Å². The molecule has 5 nitrogen and oxygen atoms in total. The number of carboxylic acids is 1. The van der Waals surface area contributed by atoms with Crippen molar-refractivity contribution in [2.45, 2.75) is 32.7 Å². The number of carbonyl (C=O) groups is 1. The monoisotopic (exact) mass is 273 g/mol. The fourth-order valence-corrected chi connectivity index (χ4v) is 2.47.